The fourth-order valence-electron chi connectivity index (χ4n) is 0.461. The molecule has 0 aliphatic rings. The Balaban J connectivity index is 3.53. The summed E-state index contributed by atoms with van der Waals surface area (Å²) < 4.78 is 4.72. The number of rotatable bonds is 4. The summed E-state index contributed by atoms with van der Waals surface area (Å²) in [5.74, 6) is -0.541. The van der Waals surface area contributed by atoms with Crippen molar-refractivity contribution in [3.05, 3.63) is 11.9 Å². The first kappa shape index (κ1) is 9.81. The smallest absolute Gasteiger partial charge is 0.355 e. The van der Waals surface area contributed by atoms with Crippen molar-refractivity contribution in [2.45, 2.75) is 19.8 Å². The fourth-order valence-corrected chi connectivity index (χ4v) is 0.461. The quantitative estimate of drug-likeness (QED) is 0.345. The standard InChI is InChI=1S/C7H14N2O2/c1-2-3-4-11-7(10)6(9)5-8/h5H,2-4,8-9H2,1H3/b6-5+. The van der Waals surface area contributed by atoms with Crippen LogP contribution in [0.4, 0.5) is 0 Å². The van der Waals surface area contributed by atoms with Crippen LogP contribution < -0.4 is 11.5 Å². The second-order valence-electron chi connectivity index (χ2n) is 2.11. The Morgan fingerprint density at radius 3 is 2.73 bits per heavy atom. The molecule has 0 amide bonds. The summed E-state index contributed by atoms with van der Waals surface area (Å²) in [5.41, 5.74) is 10.1. The second kappa shape index (κ2) is 5.58. The number of hydrogen-bond acceptors (Lipinski definition) is 4. The summed E-state index contributed by atoms with van der Waals surface area (Å²) in [6, 6.07) is 0. The average molecular weight is 158 g/mol. The van der Waals surface area contributed by atoms with Crippen LogP contribution in [-0.4, -0.2) is 12.6 Å². The van der Waals surface area contributed by atoms with Gasteiger partial charge in [0, 0.05) is 6.20 Å². The minimum atomic E-state index is -0.541. The van der Waals surface area contributed by atoms with Gasteiger partial charge in [0.2, 0.25) is 0 Å². The zero-order valence-electron chi connectivity index (χ0n) is 6.67. The van der Waals surface area contributed by atoms with Crippen LogP contribution in [-0.2, 0) is 9.53 Å². The van der Waals surface area contributed by atoms with E-state index >= 15 is 0 Å². The Morgan fingerprint density at radius 2 is 2.27 bits per heavy atom. The third-order valence-corrected chi connectivity index (χ3v) is 1.15. The Kier molecular flexibility index (Phi) is 4.98. The molecular weight excluding hydrogens is 144 g/mol. The van der Waals surface area contributed by atoms with Crippen molar-refractivity contribution in [3.63, 3.8) is 0 Å². The van der Waals surface area contributed by atoms with Gasteiger partial charge in [0.1, 0.15) is 5.70 Å². The van der Waals surface area contributed by atoms with E-state index < -0.39 is 5.97 Å². The van der Waals surface area contributed by atoms with Crippen molar-refractivity contribution in [1.82, 2.24) is 0 Å². The molecule has 0 aliphatic heterocycles. The Morgan fingerprint density at radius 1 is 1.64 bits per heavy atom. The van der Waals surface area contributed by atoms with Gasteiger partial charge in [-0.2, -0.15) is 0 Å². The van der Waals surface area contributed by atoms with Gasteiger partial charge in [-0.1, -0.05) is 13.3 Å². The third-order valence-electron chi connectivity index (χ3n) is 1.15. The number of hydrogen-bond donors (Lipinski definition) is 2. The summed E-state index contributed by atoms with van der Waals surface area (Å²) >= 11 is 0. The third kappa shape index (κ3) is 4.25. The Hall–Kier alpha value is -1.19. The van der Waals surface area contributed by atoms with Crippen LogP contribution in [0.15, 0.2) is 11.9 Å². The van der Waals surface area contributed by atoms with E-state index in [0.29, 0.717) is 6.61 Å². The summed E-state index contributed by atoms with van der Waals surface area (Å²) in [6.07, 6.45) is 2.87. The molecule has 0 heterocycles. The van der Waals surface area contributed by atoms with Gasteiger partial charge in [-0.3, -0.25) is 0 Å². The molecule has 0 fully saturated rings. The minimum Gasteiger partial charge on any atom is -0.461 e. The van der Waals surface area contributed by atoms with E-state index in [1.54, 1.807) is 0 Å². The van der Waals surface area contributed by atoms with Gasteiger partial charge in [-0.05, 0) is 6.42 Å². The molecule has 0 spiro atoms. The predicted octanol–water partition coefficient (Wildman–Crippen LogP) is 0.0885. The zero-order valence-corrected chi connectivity index (χ0v) is 6.67. The van der Waals surface area contributed by atoms with E-state index in [0.717, 1.165) is 19.0 Å². The highest BCUT2D eigenvalue weighted by molar-refractivity contribution is 5.87. The van der Waals surface area contributed by atoms with E-state index in [2.05, 4.69) is 0 Å². The van der Waals surface area contributed by atoms with Gasteiger partial charge in [0.05, 0.1) is 6.61 Å². The van der Waals surface area contributed by atoms with Crippen molar-refractivity contribution >= 4 is 5.97 Å². The first-order valence-corrected chi connectivity index (χ1v) is 3.56. The minimum absolute atomic E-state index is 0.0406. The largest absolute Gasteiger partial charge is 0.461 e. The molecule has 0 atom stereocenters. The van der Waals surface area contributed by atoms with Crippen LogP contribution >= 0.6 is 0 Å². The first-order chi connectivity index (χ1) is 5.22. The molecule has 0 aromatic heterocycles. The molecule has 0 aromatic rings. The summed E-state index contributed by atoms with van der Waals surface area (Å²) in [7, 11) is 0. The maximum Gasteiger partial charge on any atom is 0.355 e. The van der Waals surface area contributed by atoms with Crippen molar-refractivity contribution < 1.29 is 9.53 Å². The van der Waals surface area contributed by atoms with E-state index in [-0.39, 0.29) is 5.70 Å². The lowest BCUT2D eigenvalue weighted by Gasteiger charge is -2.01. The molecule has 0 saturated heterocycles. The molecule has 0 bridgehead atoms. The lowest BCUT2D eigenvalue weighted by Crippen LogP contribution is -2.16. The van der Waals surface area contributed by atoms with Crippen molar-refractivity contribution in [2.75, 3.05) is 6.61 Å². The van der Waals surface area contributed by atoms with Crippen LogP contribution in [0.5, 0.6) is 0 Å². The van der Waals surface area contributed by atoms with Gasteiger partial charge in [-0.15, -0.1) is 0 Å². The van der Waals surface area contributed by atoms with Crippen LogP contribution in [0.3, 0.4) is 0 Å². The number of carbonyl (C=O) groups is 1. The number of nitrogens with two attached hydrogens (primary N) is 2. The molecule has 11 heavy (non-hydrogen) atoms. The van der Waals surface area contributed by atoms with E-state index in [9.17, 15) is 4.79 Å². The molecule has 0 rings (SSSR count). The molecule has 0 aliphatic carbocycles. The van der Waals surface area contributed by atoms with Gasteiger partial charge >= 0.3 is 5.97 Å². The van der Waals surface area contributed by atoms with Crippen LogP contribution in [0.25, 0.3) is 0 Å². The number of ether oxygens (including phenoxy) is 1. The molecule has 0 unspecified atom stereocenters. The molecule has 64 valence electrons. The number of esters is 1. The van der Waals surface area contributed by atoms with Gasteiger partial charge in [0.15, 0.2) is 0 Å². The average Bonchev–Trinajstić information content (AvgIpc) is 2.03. The predicted molar refractivity (Wildman–Crippen MR) is 42.3 cm³/mol. The SMILES string of the molecule is CCCCOC(=O)/C(N)=C\N. The molecule has 4 N–H and O–H groups in total. The molecule has 0 aromatic carbocycles. The Bertz CT molecular complexity index is 155. The van der Waals surface area contributed by atoms with Crippen molar-refractivity contribution in [3.8, 4) is 0 Å². The van der Waals surface area contributed by atoms with Crippen molar-refractivity contribution in [1.29, 1.82) is 0 Å². The topological polar surface area (TPSA) is 78.3 Å². The zero-order chi connectivity index (χ0) is 8.69. The summed E-state index contributed by atoms with van der Waals surface area (Å²) in [4.78, 5) is 10.8. The monoisotopic (exact) mass is 158 g/mol. The van der Waals surface area contributed by atoms with E-state index in [1.165, 1.54) is 0 Å². The summed E-state index contributed by atoms with van der Waals surface area (Å²) in [6.45, 7) is 2.42. The van der Waals surface area contributed by atoms with E-state index in [1.807, 2.05) is 6.92 Å². The molecule has 0 radical (unpaired) electrons. The highest BCUT2D eigenvalue weighted by Gasteiger charge is 2.03. The first-order valence-electron chi connectivity index (χ1n) is 3.56. The molecule has 4 heteroatoms. The number of carbonyl (C=O) groups excluding carboxylic acids is 1. The van der Waals surface area contributed by atoms with Gasteiger partial charge in [0.25, 0.3) is 0 Å². The molecular formula is C7H14N2O2. The lowest BCUT2D eigenvalue weighted by molar-refractivity contribution is -0.139. The highest BCUT2D eigenvalue weighted by atomic mass is 16.5. The van der Waals surface area contributed by atoms with E-state index in [4.69, 9.17) is 16.2 Å². The molecule has 0 saturated carbocycles. The summed E-state index contributed by atoms with van der Waals surface area (Å²) in [5, 5.41) is 0. The lowest BCUT2D eigenvalue weighted by atomic mass is 10.4. The second-order valence-corrected chi connectivity index (χ2v) is 2.11. The van der Waals surface area contributed by atoms with Crippen LogP contribution in [0.2, 0.25) is 0 Å². The number of unbranched alkanes of at least 4 members (excludes halogenated alkanes) is 1. The van der Waals surface area contributed by atoms with Gasteiger partial charge < -0.3 is 16.2 Å². The molecule has 4 nitrogen and oxygen atoms in total. The van der Waals surface area contributed by atoms with Crippen LogP contribution in [0, 0.1) is 0 Å². The normalized spacial score (nSPS) is 11.2. The maximum absolute atomic E-state index is 10.8. The Labute approximate surface area is 66.2 Å². The maximum atomic E-state index is 10.8. The van der Waals surface area contributed by atoms with Crippen LogP contribution in [0.1, 0.15) is 19.8 Å². The fraction of sp³-hybridized carbons (Fsp3) is 0.571. The van der Waals surface area contributed by atoms with Gasteiger partial charge in [-0.25, -0.2) is 4.79 Å². The van der Waals surface area contributed by atoms with Crippen molar-refractivity contribution in [2.24, 2.45) is 11.5 Å². The highest BCUT2D eigenvalue weighted by Crippen LogP contribution is 1.91.